The summed E-state index contributed by atoms with van der Waals surface area (Å²) < 4.78 is 6.23. The summed E-state index contributed by atoms with van der Waals surface area (Å²) in [5.74, 6) is 0.448. The Morgan fingerprint density at radius 1 is 1.43 bits per heavy atom. The van der Waals surface area contributed by atoms with Crippen LogP contribution in [-0.4, -0.2) is 36.8 Å². The molecule has 76 valence electrons. The van der Waals surface area contributed by atoms with E-state index < -0.39 is 18.4 Å². The van der Waals surface area contributed by atoms with Crippen LogP contribution < -0.4 is 8.32 Å². The normalized spacial score (nSPS) is 11.1. The molecule has 0 amide bonds. The van der Waals surface area contributed by atoms with E-state index in [1.54, 1.807) is 6.20 Å². The number of aldehydes is 1. The molecule has 0 spiro atoms. The Labute approximate surface area is 88.4 Å². The summed E-state index contributed by atoms with van der Waals surface area (Å²) in [6.45, 7) is 0. The fourth-order valence-corrected chi connectivity index (χ4v) is 5.80. The Morgan fingerprint density at radius 3 is 2.50 bits per heavy atom. The molecule has 1 rings (SSSR count). The van der Waals surface area contributed by atoms with Crippen molar-refractivity contribution < 1.29 is 9.53 Å². The van der Waals surface area contributed by atoms with Gasteiger partial charge in [0.25, 0.3) is 0 Å². The number of aromatic nitrogens is 1. The number of ether oxygens (including phenoxy) is 1. The van der Waals surface area contributed by atoms with Crippen LogP contribution in [0.15, 0.2) is 12.3 Å². The van der Waals surface area contributed by atoms with Gasteiger partial charge >= 0.3 is 88.4 Å². The zero-order chi connectivity index (χ0) is 10.8. The molecule has 14 heavy (non-hydrogen) atoms. The van der Waals surface area contributed by atoms with Crippen LogP contribution in [0.25, 0.3) is 0 Å². The van der Waals surface area contributed by atoms with Gasteiger partial charge in [-0.3, -0.25) is 0 Å². The third kappa shape index (κ3) is 2.26. The summed E-state index contributed by atoms with van der Waals surface area (Å²) in [5, 5.41) is 0. The Morgan fingerprint density at radius 2 is 2.07 bits per heavy atom. The predicted molar refractivity (Wildman–Crippen MR) is 59.2 cm³/mol. The van der Waals surface area contributed by atoms with E-state index in [1.165, 1.54) is 10.7 Å². The number of carbonyl (C=O) groups excluding carboxylic acids is 1. The van der Waals surface area contributed by atoms with Gasteiger partial charge < -0.3 is 0 Å². The number of hydrogen-bond acceptors (Lipinski definition) is 3. The van der Waals surface area contributed by atoms with Crippen molar-refractivity contribution in [1.29, 1.82) is 0 Å². The first-order valence-corrected chi connectivity index (χ1v) is 14.5. The van der Waals surface area contributed by atoms with Crippen molar-refractivity contribution in [1.82, 2.24) is 4.98 Å². The van der Waals surface area contributed by atoms with Crippen molar-refractivity contribution in [3.63, 3.8) is 0 Å². The molecule has 0 aromatic carbocycles. The molecule has 0 bridgehead atoms. The van der Waals surface area contributed by atoms with Crippen LogP contribution in [-0.2, 0) is 0 Å². The van der Waals surface area contributed by atoms with Gasteiger partial charge in [-0.1, -0.05) is 0 Å². The molecule has 1 aromatic heterocycles. The summed E-state index contributed by atoms with van der Waals surface area (Å²) in [6.07, 6.45) is 2.56. The van der Waals surface area contributed by atoms with Crippen LogP contribution in [0.3, 0.4) is 0 Å². The molecule has 1 aromatic rings. The monoisotopic (exact) mass is 301 g/mol. The Hall–Kier alpha value is -0.581. The minimum atomic E-state index is -2.23. The number of hydrogen-bond donors (Lipinski definition) is 0. The van der Waals surface area contributed by atoms with Crippen LogP contribution in [0.4, 0.5) is 0 Å². The van der Waals surface area contributed by atoms with Crippen LogP contribution in [0, 0.1) is 0 Å². The first-order valence-electron chi connectivity index (χ1n) is 4.49. The predicted octanol–water partition coefficient (Wildman–Crippen LogP) is 1.45. The van der Waals surface area contributed by atoms with Crippen LogP contribution >= 0.6 is 0 Å². The van der Waals surface area contributed by atoms with Crippen molar-refractivity contribution in [2.45, 2.75) is 14.8 Å². The molecule has 0 saturated carbocycles. The van der Waals surface area contributed by atoms with Gasteiger partial charge in [0.05, 0.1) is 0 Å². The molecule has 0 saturated heterocycles. The zero-order valence-corrected chi connectivity index (χ0v) is 11.8. The summed E-state index contributed by atoms with van der Waals surface area (Å²) >= 11 is -2.23. The van der Waals surface area contributed by atoms with Crippen molar-refractivity contribution in [3.05, 3.63) is 17.8 Å². The SMILES string of the molecule is COc1ncc[c]([Sn]([CH3])([CH3])[CH3])c1C=O. The van der Waals surface area contributed by atoms with Gasteiger partial charge in [0.1, 0.15) is 0 Å². The van der Waals surface area contributed by atoms with Gasteiger partial charge in [0.15, 0.2) is 0 Å². The van der Waals surface area contributed by atoms with Crippen LogP contribution in [0.5, 0.6) is 5.88 Å². The van der Waals surface area contributed by atoms with Gasteiger partial charge in [-0.2, -0.15) is 0 Å². The second-order valence-electron chi connectivity index (χ2n) is 4.15. The van der Waals surface area contributed by atoms with E-state index in [0.717, 1.165) is 6.29 Å². The second-order valence-corrected chi connectivity index (χ2v) is 18.5. The van der Waals surface area contributed by atoms with Crippen molar-refractivity contribution in [2.24, 2.45) is 0 Å². The van der Waals surface area contributed by atoms with Gasteiger partial charge in [-0.15, -0.1) is 0 Å². The number of carbonyl (C=O) groups is 1. The van der Waals surface area contributed by atoms with E-state index in [0.29, 0.717) is 11.4 Å². The molecule has 0 N–H and O–H groups in total. The molecule has 1 heterocycles. The number of rotatable bonds is 3. The molecule has 0 radical (unpaired) electrons. The van der Waals surface area contributed by atoms with Crippen molar-refractivity contribution in [2.75, 3.05) is 7.11 Å². The molecule has 0 aliphatic rings. The van der Waals surface area contributed by atoms with Crippen LogP contribution in [0.2, 0.25) is 14.8 Å². The third-order valence-electron chi connectivity index (χ3n) is 2.07. The van der Waals surface area contributed by atoms with E-state index >= 15 is 0 Å². The molecule has 0 unspecified atom stereocenters. The maximum atomic E-state index is 11.0. The minimum absolute atomic E-state index is 0.448. The Bertz CT molecular complexity index is 344. The van der Waals surface area contributed by atoms with E-state index in [1.807, 2.05) is 6.07 Å². The molecule has 0 fully saturated rings. The number of methoxy groups -OCH3 is 1. The second kappa shape index (κ2) is 4.29. The average molecular weight is 300 g/mol. The molecule has 3 nitrogen and oxygen atoms in total. The Balaban J connectivity index is 3.37. The van der Waals surface area contributed by atoms with Crippen LogP contribution in [0.1, 0.15) is 10.4 Å². The van der Waals surface area contributed by atoms with E-state index in [-0.39, 0.29) is 0 Å². The van der Waals surface area contributed by atoms with Gasteiger partial charge in [-0.05, 0) is 0 Å². The summed E-state index contributed by atoms with van der Waals surface area (Å²) in [7, 11) is 1.54. The standard InChI is InChI=1S/C7H6NO2.3CH3.Sn/c1-10-7-6(5-9)3-2-4-8-7;;;;/h2,4-5H,1H3;3*1H3;. The first kappa shape index (κ1) is 11.5. The number of pyridine rings is 1. The zero-order valence-electron chi connectivity index (χ0n) is 9.00. The molecule has 0 atom stereocenters. The quantitative estimate of drug-likeness (QED) is 0.626. The fourth-order valence-electron chi connectivity index (χ4n) is 1.38. The van der Waals surface area contributed by atoms with Gasteiger partial charge in [0, 0.05) is 0 Å². The van der Waals surface area contributed by atoms with Gasteiger partial charge in [-0.25, -0.2) is 0 Å². The van der Waals surface area contributed by atoms with Crippen molar-refractivity contribution in [3.8, 4) is 5.88 Å². The maximum absolute atomic E-state index is 11.0. The van der Waals surface area contributed by atoms with Crippen molar-refractivity contribution >= 4 is 28.2 Å². The third-order valence-corrected chi connectivity index (χ3v) is 7.93. The molecule has 4 heteroatoms. The van der Waals surface area contributed by atoms with E-state index in [4.69, 9.17) is 4.74 Å². The first-order chi connectivity index (χ1) is 6.50. The number of nitrogens with zero attached hydrogens (tertiary/aromatic N) is 1. The summed E-state index contributed by atoms with van der Waals surface area (Å²) in [4.78, 5) is 21.8. The fraction of sp³-hybridized carbons (Fsp3) is 0.400. The molecule has 0 aliphatic heterocycles. The topological polar surface area (TPSA) is 39.2 Å². The van der Waals surface area contributed by atoms with E-state index in [9.17, 15) is 4.79 Å². The van der Waals surface area contributed by atoms with E-state index in [2.05, 4.69) is 19.8 Å². The van der Waals surface area contributed by atoms with Gasteiger partial charge in [0.2, 0.25) is 0 Å². The summed E-state index contributed by atoms with van der Waals surface area (Å²) in [5.41, 5.74) is 0.637. The molecular formula is C10H15NO2Sn. The molecule has 0 aliphatic carbocycles. The average Bonchev–Trinajstić information content (AvgIpc) is 2.15. The summed E-state index contributed by atoms with van der Waals surface area (Å²) in [6, 6.07) is 1.95. The molecular weight excluding hydrogens is 285 g/mol. The Kier molecular flexibility index (Phi) is 3.53.